The summed E-state index contributed by atoms with van der Waals surface area (Å²) in [5, 5.41) is 19.8. The maximum atomic E-state index is 10.3. The van der Waals surface area contributed by atoms with E-state index in [4.69, 9.17) is 5.73 Å². The molecule has 3 N–H and O–H groups in total. The van der Waals surface area contributed by atoms with Gasteiger partial charge in [0.05, 0.1) is 11.0 Å². The van der Waals surface area contributed by atoms with Gasteiger partial charge in [-0.2, -0.15) is 0 Å². The summed E-state index contributed by atoms with van der Waals surface area (Å²) in [5.74, 6) is 0. The van der Waals surface area contributed by atoms with Crippen molar-refractivity contribution in [1.29, 1.82) is 0 Å². The Bertz CT molecular complexity index is 300. The number of nitro groups is 1. The van der Waals surface area contributed by atoms with Crippen LogP contribution in [0.1, 0.15) is 17.4 Å². The number of nitrogens with two attached hydrogens (primary N) is 1. The van der Waals surface area contributed by atoms with Crippen LogP contribution in [0.3, 0.4) is 0 Å². The molecule has 5 nitrogen and oxygen atoms in total. The highest BCUT2D eigenvalue weighted by Gasteiger charge is 2.14. The number of aliphatic hydroxyl groups is 1. The summed E-state index contributed by atoms with van der Waals surface area (Å²) >= 11 is 0.984. The second-order valence-electron chi connectivity index (χ2n) is 2.53. The molecule has 0 aliphatic carbocycles. The lowest BCUT2D eigenvalue weighted by atomic mass is 10.2. The number of rotatable bonds is 4. The number of hydrogen-bond donors (Lipinski definition) is 2. The van der Waals surface area contributed by atoms with E-state index in [9.17, 15) is 15.2 Å². The van der Waals surface area contributed by atoms with Crippen LogP contribution in [0.5, 0.6) is 0 Å². The molecule has 0 radical (unpaired) electrons. The van der Waals surface area contributed by atoms with Gasteiger partial charge in [0.15, 0.2) is 0 Å². The fraction of sp³-hybridized carbons (Fsp3) is 0.429. The summed E-state index contributed by atoms with van der Waals surface area (Å²) in [6.45, 7) is 0.368. The van der Waals surface area contributed by atoms with Crippen LogP contribution in [-0.4, -0.2) is 16.6 Å². The van der Waals surface area contributed by atoms with Crippen LogP contribution in [0.4, 0.5) is 5.00 Å². The van der Waals surface area contributed by atoms with Gasteiger partial charge in [-0.05, 0) is 19.0 Å². The van der Waals surface area contributed by atoms with Gasteiger partial charge in [-0.1, -0.05) is 11.3 Å². The average Bonchev–Trinajstić information content (AvgIpc) is 2.52. The van der Waals surface area contributed by atoms with Gasteiger partial charge in [-0.15, -0.1) is 0 Å². The molecule has 0 bridgehead atoms. The third kappa shape index (κ3) is 2.48. The lowest BCUT2D eigenvalue weighted by Crippen LogP contribution is -2.05. The van der Waals surface area contributed by atoms with Crippen LogP contribution < -0.4 is 5.73 Å². The minimum absolute atomic E-state index is 0.0473. The Morgan fingerprint density at radius 1 is 1.69 bits per heavy atom. The van der Waals surface area contributed by atoms with E-state index in [0.717, 1.165) is 11.3 Å². The molecule has 0 fully saturated rings. The van der Waals surface area contributed by atoms with E-state index < -0.39 is 11.0 Å². The maximum Gasteiger partial charge on any atom is 0.324 e. The van der Waals surface area contributed by atoms with E-state index in [1.54, 1.807) is 6.07 Å². The standard InChI is InChI=1S/C7H10N2O3S/c8-4-3-5(10)6-1-2-7(13-6)9(11)12/h1-2,5,10H,3-4,8H2/t5-/m0/s1. The van der Waals surface area contributed by atoms with Gasteiger partial charge in [0.25, 0.3) is 0 Å². The molecule has 0 aliphatic rings. The molecule has 0 amide bonds. The smallest absolute Gasteiger partial charge is 0.324 e. The number of thiophene rings is 1. The number of aliphatic hydroxyl groups excluding tert-OH is 1. The molecule has 1 aromatic rings. The molecule has 1 aromatic heterocycles. The third-order valence-corrected chi connectivity index (χ3v) is 2.70. The predicted octanol–water partition coefficient (Wildman–Crippen LogP) is 1.04. The summed E-state index contributed by atoms with van der Waals surface area (Å²) in [6.07, 6.45) is -0.249. The highest BCUT2D eigenvalue weighted by atomic mass is 32.1. The van der Waals surface area contributed by atoms with Crippen molar-refractivity contribution < 1.29 is 10.0 Å². The number of nitrogens with zero attached hydrogens (tertiary/aromatic N) is 1. The van der Waals surface area contributed by atoms with Crippen molar-refractivity contribution in [3.8, 4) is 0 Å². The first-order chi connectivity index (χ1) is 6.15. The van der Waals surface area contributed by atoms with Gasteiger partial charge in [0, 0.05) is 10.9 Å². The van der Waals surface area contributed by atoms with E-state index in [1.807, 2.05) is 0 Å². The molecule has 1 rings (SSSR count). The quantitative estimate of drug-likeness (QED) is 0.563. The number of hydrogen-bond acceptors (Lipinski definition) is 5. The minimum Gasteiger partial charge on any atom is -0.388 e. The Morgan fingerprint density at radius 3 is 2.85 bits per heavy atom. The fourth-order valence-corrected chi connectivity index (χ4v) is 1.76. The van der Waals surface area contributed by atoms with E-state index >= 15 is 0 Å². The van der Waals surface area contributed by atoms with Crippen molar-refractivity contribution in [1.82, 2.24) is 0 Å². The van der Waals surface area contributed by atoms with Gasteiger partial charge >= 0.3 is 5.00 Å². The molecule has 0 unspecified atom stereocenters. The SMILES string of the molecule is NCC[C@H](O)c1ccc([N+](=O)[O-])s1. The van der Waals surface area contributed by atoms with Crippen molar-refractivity contribution in [3.63, 3.8) is 0 Å². The van der Waals surface area contributed by atoms with Gasteiger partial charge in [0.2, 0.25) is 0 Å². The Kier molecular flexibility index (Phi) is 3.35. The summed E-state index contributed by atoms with van der Waals surface area (Å²) in [4.78, 5) is 10.4. The molecule has 0 saturated carbocycles. The Labute approximate surface area is 79.0 Å². The van der Waals surface area contributed by atoms with Crippen LogP contribution in [0.15, 0.2) is 12.1 Å². The summed E-state index contributed by atoms with van der Waals surface area (Å²) < 4.78 is 0. The molecule has 6 heteroatoms. The van der Waals surface area contributed by atoms with Crippen LogP contribution in [0, 0.1) is 10.1 Å². The van der Waals surface area contributed by atoms with Crippen LogP contribution >= 0.6 is 11.3 Å². The second-order valence-corrected chi connectivity index (χ2v) is 3.62. The van der Waals surface area contributed by atoms with Crippen molar-refractivity contribution in [2.45, 2.75) is 12.5 Å². The van der Waals surface area contributed by atoms with Crippen LogP contribution in [-0.2, 0) is 0 Å². The molecular formula is C7H10N2O3S. The monoisotopic (exact) mass is 202 g/mol. The first-order valence-corrected chi connectivity index (χ1v) is 4.59. The molecule has 0 aliphatic heterocycles. The van der Waals surface area contributed by atoms with E-state index in [1.165, 1.54) is 6.07 Å². The van der Waals surface area contributed by atoms with Gasteiger partial charge < -0.3 is 10.8 Å². The van der Waals surface area contributed by atoms with Gasteiger partial charge in [-0.3, -0.25) is 10.1 Å². The van der Waals surface area contributed by atoms with Crippen molar-refractivity contribution in [2.24, 2.45) is 5.73 Å². The summed E-state index contributed by atoms with van der Waals surface area (Å²) in [5.41, 5.74) is 5.24. The lowest BCUT2D eigenvalue weighted by Gasteiger charge is -2.03. The maximum absolute atomic E-state index is 10.3. The molecule has 0 spiro atoms. The molecular weight excluding hydrogens is 192 g/mol. The topological polar surface area (TPSA) is 89.4 Å². The van der Waals surface area contributed by atoms with Crippen molar-refractivity contribution in [3.05, 3.63) is 27.1 Å². The van der Waals surface area contributed by atoms with Crippen LogP contribution in [0.2, 0.25) is 0 Å². The van der Waals surface area contributed by atoms with Gasteiger partial charge in [0.1, 0.15) is 0 Å². The largest absolute Gasteiger partial charge is 0.388 e. The first-order valence-electron chi connectivity index (χ1n) is 3.77. The zero-order valence-electron chi connectivity index (χ0n) is 6.84. The fourth-order valence-electron chi connectivity index (χ4n) is 0.920. The molecule has 0 saturated heterocycles. The first kappa shape index (κ1) is 10.1. The minimum atomic E-state index is -0.677. The lowest BCUT2D eigenvalue weighted by molar-refractivity contribution is -0.380. The Balaban J connectivity index is 2.73. The van der Waals surface area contributed by atoms with Crippen LogP contribution in [0.25, 0.3) is 0 Å². The third-order valence-electron chi connectivity index (χ3n) is 1.56. The molecule has 1 heterocycles. The normalized spacial score (nSPS) is 12.8. The molecule has 13 heavy (non-hydrogen) atoms. The Hall–Kier alpha value is -0.980. The van der Waals surface area contributed by atoms with E-state index in [0.29, 0.717) is 17.8 Å². The van der Waals surface area contributed by atoms with Crippen molar-refractivity contribution in [2.75, 3.05) is 6.54 Å². The second kappa shape index (κ2) is 4.31. The van der Waals surface area contributed by atoms with E-state index in [-0.39, 0.29) is 5.00 Å². The average molecular weight is 202 g/mol. The molecule has 0 aromatic carbocycles. The van der Waals surface area contributed by atoms with Crippen molar-refractivity contribution >= 4 is 16.3 Å². The molecule has 1 atom stereocenters. The predicted molar refractivity (Wildman–Crippen MR) is 49.6 cm³/mol. The highest BCUT2D eigenvalue weighted by molar-refractivity contribution is 7.15. The van der Waals surface area contributed by atoms with E-state index in [2.05, 4.69) is 0 Å². The summed E-state index contributed by atoms with van der Waals surface area (Å²) in [7, 11) is 0. The highest BCUT2D eigenvalue weighted by Crippen LogP contribution is 2.29. The molecule has 72 valence electrons. The summed E-state index contributed by atoms with van der Waals surface area (Å²) in [6, 6.07) is 2.95. The zero-order chi connectivity index (χ0) is 9.84. The Morgan fingerprint density at radius 2 is 2.38 bits per heavy atom. The van der Waals surface area contributed by atoms with Gasteiger partial charge in [-0.25, -0.2) is 0 Å². The zero-order valence-corrected chi connectivity index (χ0v) is 7.66.